The summed E-state index contributed by atoms with van der Waals surface area (Å²) < 4.78 is 5.00. The molecule has 0 aliphatic rings. The summed E-state index contributed by atoms with van der Waals surface area (Å²) >= 11 is 0. The van der Waals surface area contributed by atoms with Crippen LogP contribution in [0.2, 0.25) is 0 Å². The number of amides is 2. The second-order valence-electron chi connectivity index (χ2n) is 4.45. The van der Waals surface area contributed by atoms with Crippen molar-refractivity contribution >= 4 is 11.8 Å². The fourth-order valence-electron chi connectivity index (χ4n) is 1.86. The Morgan fingerprint density at radius 2 is 2.05 bits per heavy atom. The number of hydrogen-bond donors (Lipinski definition) is 3. The standard InChI is InChI=1S/C14H16N4O3/c1-21-8-9-2-4-10(5-3-9)14(20)17-12(13(15)19)11-6-7-16-18-11/h2-7,12H,8H2,1H3,(H2,15,19)(H,16,18)(H,17,20). The monoisotopic (exact) mass is 288 g/mol. The number of hydrogen-bond acceptors (Lipinski definition) is 4. The number of carbonyl (C=O) groups is 2. The van der Waals surface area contributed by atoms with Crippen LogP contribution >= 0.6 is 0 Å². The smallest absolute Gasteiger partial charge is 0.252 e. The minimum atomic E-state index is -0.946. The molecule has 4 N–H and O–H groups in total. The number of ether oxygens (including phenoxy) is 1. The molecule has 7 nitrogen and oxygen atoms in total. The van der Waals surface area contributed by atoms with Gasteiger partial charge in [0.05, 0.1) is 12.3 Å². The van der Waals surface area contributed by atoms with Crippen molar-refractivity contribution in [3.8, 4) is 0 Å². The Morgan fingerprint density at radius 1 is 1.33 bits per heavy atom. The number of benzene rings is 1. The fraction of sp³-hybridized carbons (Fsp3) is 0.214. The Labute approximate surface area is 121 Å². The van der Waals surface area contributed by atoms with Crippen LogP contribution in [-0.4, -0.2) is 29.1 Å². The maximum atomic E-state index is 12.1. The van der Waals surface area contributed by atoms with Crippen molar-refractivity contribution in [3.05, 3.63) is 53.3 Å². The molecule has 2 rings (SSSR count). The molecule has 0 spiro atoms. The van der Waals surface area contributed by atoms with Crippen LogP contribution in [0.15, 0.2) is 36.5 Å². The van der Waals surface area contributed by atoms with Gasteiger partial charge in [0.2, 0.25) is 5.91 Å². The van der Waals surface area contributed by atoms with Crippen molar-refractivity contribution < 1.29 is 14.3 Å². The Kier molecular flexibility index (Phi) is 4.68. The lowest BCUT2D eigenvalue weighted by molar-refractivity contribution is -0.120. The minimum absolute atomic E-state index is 0.391. The molecule has 7 heteroatoms. The third kappa shape index (κ3) is 3.67. The predicted molar refractivity (Wildman–Crippen MR) is 75.1 cm³/mol. The van der Waals surface area contributed by atoms with Gasteiger partial charge in [-0.15, -0.1) is 0 Å². The molecule has 0 saturated heterocycles. The van der Waals surface area contributed by atoms with Crippen LogP contribution in [-0.2, 0) is 16.1 Å². The molecule has 0 radical (unpaired) electrons. The van der Waals surface area contributed by atoms with Crippen molar-refractivity contribution in [2.24, 2.45) is 5.73 Å². The number of methoxy groups -OCH3 is 1. The summed E-state index contributed by atoms with van der Waals surface area (Å²) in [6, 6.07) is 7.53. The summed E-state index contributed by atoms with van der Waals surface area (Å²) in [7, 11) is 1.60. The third-order valence-corrected chi connectivity index (χ3v) is 2.92. The number of carbonyl (C=O) groups excluding carboxylic acids is 2. The number of nitrogens with zero attached hydrogens (tertiary/aromatic N) is 1. The van der Waals surface area contributed by atoms with Gasteiger partial charge in [-0.3, -0.25) is 14.7 Å². The van der Waals surface area contributed by atoms with Crippen LogP contribution in [0, 0.1) is 0 Å². The zero-order chi connectivity index (χ0) is 15.2. The lowest BCUT2D eigenvalue weighted by Crippen LogP contribution is -2.37. The van der Waals surface area contributed by atoms with E-state index in [0.717, 1.165) is 5.56 Å². The molecule has 0 saturated carbocycles. The maximum Gasteiger partial charge on any atom is 0.252 e. The lowest BCUT2D eigenvalue weighted by atomic mass is 10.1. The molecule has 1 aromatic heterocycles. The van der Waals surface area contributed by atoms with Crippen molar-refractivity contribution in [2.75, 3.05) is 7.11 Å². The molecule has 0 fully saturated rings. The molecular weight excluding hydrogens is 272 g/mol. The van der Waals surface area contributed by atoms with E-state index < -0.39 is 17.9 Å². The van der Waals surface area contributed by atoms with Gasteiger partial charge in [0.1, 0.15) is 6.04 Å². The molecule has 2 aromatic rings. The quantitative estimate of drug-likeness (QED) is 0.719. The minimum Gasteiger partial charge on any atom is -0.380 e. The first-order valence-corrected chi connectivity index (χ1v) is 6.29. The summed E-state index contributed by atoms with van der Waals surface area (Å²) in [5.74, 6) is -1.05. The van der Waals surface area contributed by atoms with Crippen LogP contribution < -0.4 is 11.1 Å². The van der Waals surface area contributed by atoms with E-state index in [1.807, 2.05) is 0 Å². The fourth-order valence-corrected chi connectivity index (χ4v) is 1.86. The molecule has 1 aromatic carbocycles. The van der Waals surface area contributed by atoms with E-state index in [0.29, 0.717) is 17.9 Å². The summed E-state index contributed by atoms with van der Waals surface area (Å²) in [6.07, 6.45) is 1.48. The van der Waals surface area contributed by atoms with Crippen molar-refractivity contribution in [1.29, 1.82) is 0 Å². The molecular formula is C14H16N4O3. The number of primary amides is 1. The molecule has 2 amide bonds. The first-order chi connectivity index (χ1) is 10.1. The maximum absolute atomic E-state index is 12.1. The van der Waals surface area contributed by atoms with Gasteiger partial charge >= 0.3 is 0 Å². The van der Waals surface area contributed by atoms with Crippen molar-refractivity contribution in [1.82, 2.24) is 15.5 Å². The number of aromatic nitrogens is 2. The van der Waals surface area contributed by atoms with Gasteiger partial charge in [0, 0.05) is 18.9 Å². The summed E-state index contributed by atoms with van der Waals surface area (Å²) in [6.45, 7) is 0.472. The molecule has 21 heavy (non-hydrogen) atoms. The van der Waals surface area contributed by atoms with Crippen LogP contribution in [0.1, 0.15) is 27.7 Å². The van der Waals surface area contributed by atoms with Gasteiger partial charge in [-0.2, -0.15) is 5.10 Å². The molecule has 110 valence electrons. The van der Waals surface area contributed by atoms with Gasteiger partial charge in [-0.05, 0) is 23.8 Å². The van der Waals surface area contributed by atoms with Gasteiger partial charge in [0.25, 0.3) is 5.91 Å². The molecule has 0 bridgehead atoms. The molecule has 0 aliphatic heterocycles. The summed E-state index contributed by atoms with van der Waals surface area (Å²) in [5.41, 5.74) is 7.12. The first-order valence-electron chi connectivity index (χ1n) is 6.29. The van der Waals surface area contributed by atoms with Crippen LogP contribution in [0.5, 0.6) is 0 Å². The lowest BCUT2D eigenvalue weighted by Gasteiger charge is -2.14. The van der Waals surface area contributed by atoms with Gasteiger partial charge in [0.15, 0.2) is 0 Å². The Hall–Kier alpha value is -2.67. The highest BCUT2D eigenvalue weighted by Gasteiger charge is 2.22. The number of nitrogens with two attached hydrogens (primary N) is 1. The number of rotatable bonds is 6. The predicted octanol–water partition coefficient (Wildman–Crippen LogP) is 0.512. The number of H-pyrrole nitrogens is 1. The highest BCUT2D eigenvalue weighted by Crippen LogP contribution is 2.11. The van der Waals surface area contributed by atoms with Gasteiger partial charge in [-0.25, -0.2) is 0 Å². The molecule has 0 aliphatic carbocycles. The SMILES string of the molecule is COCc1ccc(C(=O)NC(C(N)=O)c2ccn[nH]2)cc1. The first kappa shape index (κ1) is 14.7. The normalized spacial score (nSPS) is 11.9. The molecule has 1 heterocycles. The Balaban J connectivity index is 2.10. The van der Waals surface area contributed by atoms with Gasteiger partial charge < -0.3 is 15.8 Å². The average molecular weight is 288 g/mol. The van der Waals surface area contributed by atoms with E-state index in [4.69, 9.17) is 10.5 Å². The summed E-state index contributed by atoms with van der Waals surface area (Å²) in [5, 5.41) is 8.93. The molecule has 1 unspecified atom stereocenters. The van der Waals surface area contributed by atoms with E-state index in [1.54, 1.807) is 37.4 Å². The Morgan fingerprint density at radius 3 is 2.57 bits per heavy atom. The Bertz CT molecular complexity index is 608. The van der Waals surface area contributed by atoms with Crippen molar-refractivity contribution in [2.45, 2.75) is 12.6 Å². The topological polar surface area (TPSA) is 110 Å². The second kappa shape index (κ2) is 6.67. The number of aromatic amines is 1. The van der Waals surface area contributed by atoms with Crippen molar-refractivity contribution in [3.63, 3.8) is 0 Å². The van der Waals surface area contributed by atoms with E-state index in [2.05, 4.69) is 15.5 Å². The largest absolute Gasteiger partial charge is 0.380 e. The zero-order valence-electron chi connectivity index (χ0n) is 11.5. The molecule has 1 atom stereocenters. The van der Waals surface area contributed by atoms with E-state index in [1.165, 1.54) is 6.20 Å². The summed E-state index contributed by atoms with van der Waals surface area (Å²) in [4.78, 5) is 23.6. The van der Waals surface area contributed by atoms with Crippen LogP contribution in [0.25, 0.3) is 0 Å². The van der Waals surface area contributed by atoms with Crippen LogP contribution in [0.4, 0.5) is 0 Å². The highest BCUT2D eigenvalue weighted by atomic mass is 16.5. The second-order valence-corrected chi connectivity index (χ2v) is 4.45. The highest BCUT2D eigenvalue weighted by molar-refractivity contribution is 5.97. The van der Waals surface area contributed by atoms with E-state index >= 15 is 0 Å². The van der Waals surface area contributed by atoms with Gasteiger partial charge in [-0.1, -0.05) is 12.1 Å². The zero-order valence-corrected chi connectivity index (χ0v) is 11.5. The third-order valence-electron chi connectivity index (χ3n) is 2.92. The van der Waals surface area contributed by atoms with E-state index in [-0.39, 0.29) is 0 Å². The van der Waals surface area contributed by atoms with Crippen LogP contribution in [0.3, 0.4) is 0 Å². The van der Waals surface area contributed by atoms with E-state index in [9.17, 15) is 9.59 Å². The number of nitrogens with one attached hydrogen (secondary N) is 2. The average Bonchev–Trinajstić information content (AvgIpc) is 2.99.